The van der Waals surface area contributed by atoms with Crippen molar-refractivity contribution in [3.05, 3.63) is 40.3 Å². The molecule has 128 valence electrons. The Balaban J connectivity index is 0.00000225. The van der Waals surface area contributed by atoms with Crippen molar-refractivity contribution < 1.29 is 11.0 Å². The molecule has 1 unspecified atom stereocenters. The standard InChI is InChI=1S/C17H20N4O3.H2/c1-10(2)11-4-6-12(7-5-11)15-19-21(17(24)20(15)3)13-8-9-14(22)18-16(13)23;/h4-7,10,13H,8-9H2,1-3H3,(H,18,22,23);1H. The summed E-state index contributed by atoms with van der Waals surface area (Å²) in [6.45, 7) is 4.23. The number of hydrogen-bond donors (Lipinski definition) is 1. The summed E-state index contributed by atoms with van der Waals surface area (Å²) in [6.07, 6.45) is 0.491. The van der Waals surface area contributed by atoms with Gasteiger partial charge in [0, 0.05) is 20.5 Å². The summed E-state index contributed by atoms with van der Waals surface area (Å²) in [4.78, 5) is 35.7. The molecule has 0 spiro atoms. The van der Waals surface area contributed by atoms with Gasteiger partial charge in [-0.2, -0.15) is 0 Å². The van der Waals surface area contributed by atoms with E-state index in [1.165, 1.54) is 14.8 Å². The van der Waals surface area contributed by atoms with Crippen molar-refractivity contribution in [2.75, 3.05) is 0 Å². The Kier molecular flexibility index (Phi) is 4.09. The fraction of sp³-hybridized carbons (Fsp3) is 0.412. The van der Waals surface area contributed by atoms with Gasteiger partial charge in [-0.05, 0) is 17.9 Å². The van der Waals surface area contributed by atoms with Gasteiger partial charge in [-0.25, -0.2) is 9.48 Å². The van der Waals surface area contributed by atoms with Crippen LogP contribution in [0.1, 0.15) is 45.6 Å². The smallest absolute Gasteiger partial charge is 0.295 e. The monoisotopic (exact) mass is 330 g/mol. The molecule has 1 saturated heterocycles. The molecule has 1 aliphatic rings. The van der Waals surface area contributed by atoms with Crippen LogP contribution in [0.25, 0.3) is 11.4 Å². The fourth-order valence-electron chi connectivity index (χ4n) is 2.84. The zero-order valence-electron chi connectivity index (χ0n) is 13.9. The summed E-state index contributed by atoms with van der Waals surface area (Å²) in [5.41, 5.74) is 1.64. The third kappa shape index (κ3) is 2.77. The molecule has 0 radical (unpaired) electrons. The maximum absolute atomic E-state index is 12.5. The second-order valence-electron chi connectivity index (χ2n) is 6.35. The van der Waals surface area contributed by atoms with Crippen molar-refractivity contribution in [2.45, 2.75) is 38.6 Å². The topological polar surface area (TPSA) is 86.0 Å². The van der Waals surface area contributed by atoms with E-state index >= 15 is 0 Å². The molecule has 1 aliphatic heterocycles. The lowest BCUT2D eigenvalue weighted by Crippen LogP contribution is -2.44. The van der Waals surface area contributed by atoms with Crippen molar-refractivity contribution in [1.82, 2.24) is 19.7 Å². The number of carbonyl (C=O) groups is 2. The molecule has 1 N–H and O–H groups in total. The number of aromatic nitrogens is 3. The van der Waals surface area contributed by atoms with Crippen LogP contribution < -0.4 is 11.0 Å². The van der Waals surface area contributed by atoms with E-state index in [-0.39, 0.29) is 25.9 Å². The minimum absolute atomic E-state index is 0. The number of rotatable bonds is 3. The highest BCUT2D eigenvalue weighted by Gasteiger charge is 2.31. The zero-order chi connectivity index (χ0) is 17.4. The van der Waals surface area contributed by atoms with Crippen LogP contribution in [0, 0.1) is 0 Å². The Morgan fingerprint density at radius 1 is 1.21 bits per heavy atom. The van der Waals surface area contributed by atoms with E-state index in [0.717, 1.165) is 5.56 Å². The SMILES string of the molecule is CC(C)c1ccc(-c2nn(C3CCC(=O)NC3=O)c(=O)n2C)cc1.[HH]. The van der Waals surface area contributed by atoms with E-state index < -0.39 is 11.9 Å². The number of piperidine rings is 1. The fourth-order valence-corrected chi connectivity index (χ4v) is 2.84. The van der Waals surface area contributed by atoms with E-state index in [9.17, 15) is 14.4 Å². The summed E-state index contributed by atoms with van der Waals surface area (Å²) < 4.78 is 2.60. The van der Waals surface area contributed by atoms with Gasteiger partial charge in [-0.1, -0.05) is 38.1 Å². The molecule has 1 atom stereocenters. The quantitative estimate of drug-likeness (QED) is 0.866. The van der Waals surface area contributed by atoms with Gasteiger partial charge in [0.15, 0.2) is 5.82 Å². The highest BCUT2D eigenvalue weighted by Crippen LogP contribution is 2.22. The van der Waals surface area contributed by atoms with Gasteiger partial charge in [0.2, 0.25) is 5.91 Å². The van der Waals surface area contributed by atoms with Gasteiger partial charge >= 0.3 is 5.69 Å². The first-order chi connectivity index (χ1) is 11.4. The van der Waals surface area contributed by atoms with E-state index in [1.807, 2.05) is 24.3 Å². The van der Waals surface area contributed by atoms with Crippen LogP contribution in [0.2, 0.25) is 0 Å². The molecule has 0 saturated carbocycles. The van der Waals surface area contributed by atoms with Crippen LogP contribution in [0.15, 0.2) is 29.1 Å². The highest BCUT2D eigenvalue weighted by molar-refractivity contribution is 5.99. The molecule has 1 aromatic carbocycles. The summed E-state index contributed by atoms with van der Waals surface area (Å²) in [7, 11) is 1.63. The maximum Gasteiger partial charge on any atom is 0.346 e. The molecule has 1 fully saturated rings. The van der Waals surface area contributed by atoms with Crippen LogP contribution >= 0.6 is 0 Å². The molecule has 24 heavy (non-hydrogen) atoms. The Hall–Kier alpha value is -2.70. The third-order valence-corrected chi connectivity index (χ3v) is 4.34. The Labute approximate surface area is 140 Å². The maximum atomic E-state index is 12.5. The van der Waals surface area contributed by atoms with Crippen molar-refractivity contribution in [1.29, 1.82) is 0 Å². The largest absolute Gasteiger partial charge is 0.346 e. The molecule has 1 aromatic heterocycles. The first-order valence-electron chi connectivity index (χ1n) is 7.98. The lowest BCUT2D eigenvalue weighted by atomic mass is 10.0. The van der Waals surface area contributed by atoms with E-state index in [0.29, 0.717) is 11.7 Å². The van der Waals surface area contributed by atoms with Gasteiger partial charge in [-0.15, -0.1) is 5.10 Å². The molecule has 7 nitrogen and oxygen atoms in total. The lowest BCUT2D eigenvalue weighted by molar-refractivity contribution is -0.136. The third-order valence-electron chi connectivity index (χ3n) is 4.34. The van der Waals surface area contributed by atoms with E-state index in [2.05, 4.69) is 24.3 Å². The molecule has 2 heterocycles. The van der Waals surface area contributed by atoms with Crippen molar-refractivity contribution in [2.24, 2.45) is 7.05 Å². The van der Waals surface area contributed by atoms with Crippen molar-refractivity contribution in [3.8, 4) is 11.4 Å². The second kappa shape index (κ2) is 6.07. The van der Waals surface area contributed by atoms with Crippen LogP contribution in [-0.4, -0.2) is 26.2 Å². The average molecular weight is 330 g/mol. The summed E-state index contributed by atoms with van der Waals surface area (Å²) in [6, 6.07) is 7.12. The van der Waals surface area contributed by atoms with Gasteiger partial charge in [0.1, 0.15) is 6.04 Å². The van der Waals surface area contributed by atoms with Crippen molar-refractivity contribution >= 4 is 11.8 Å². The number of nitrogens with zero attached hydrogens (tertiary/aromatic N) is 3. The van der Waals surface area contributed by atoms with Gasteiger partial charge in [0.25, 0.3) is 5.91 Å². The molecular formula is C17H22N4O3. The van der Waals surface area contributed by atoms with Crippen LogP contribution in [0.5, 0.6) is 0 Å². The van der Waals surface area contributed by atoms with Gasteiger partial charge < -0.3 is 0 Å². The predicted octanol–water partition coefficient (Wildman–Crippen LogP) is 1.60. The Morgan fingerprint density at radius 3 is 2.46 bits per heavy atom. The normalized spacial score (nSPS) is 18.1. The summed E-state index contributed by atoms with van der Waals surface area (Å²) in [5, 5.41) is 6.60. The van der Waals surface area contributed by atoms with Crippen LogP contribution in [-0.2, 0) is 16.6 Å². The second-order valence-corrected chi connectivity index (χ2v) is 6.35. The summed E-state index contributed by atoms with van der Waals surface area (Å²) >= 11 is 0. The number of hydrogen-bond acceptors (Lipinski definition) is 4. The van der Waals surface area contributed by atoms with Crippen molar-refractivity contribution in [3.63, 3.8) is 0 Å². The van der Waals surface area contributed by atoms with Crippen LogP contribution in [0.3, 0.4) is 0 Å². The first-order valence-corrected chi connectivity index (χ1v) is 7.98. The number of nitrogens with one attached hydrogen (secondary N) is 1. The number of imide groups is 1. The number of carbonyl (C=O) groups excluding carboxylic acids is 2. The molecule has 7 heteroatoms. The first kappa shape index (κ1) is 16.2. The van der Waals surface area contributed by atoms with E-state index in [1.54, 1.807) is 7.05 Å². The molecule has 0 bridgehead atoms. The lowest BCUT2D eigenvalue weighted by Gasteiger charge is -2.19. The number of benzene rings is 1. The Bertz CT molecular complexity index is 852. The summed E-state index contributed by atoms with van der Waals surface area (Å²) in [5.74, 6) is 0.127. The highest BCUT2D eigenvalue weighted by atomic mass is 16.2. The Morgan fingerprint density at radius 2 is 1.88 bits per heavy atom. The van der Waals surface area contributed by atoms with Gasteiger partial charge in [0.05, 0.1) is 0 Å². The zero-order valence-corrected chi connectivity index (χ0v) is 13.9. The minimum atomic E-state index is -0.745. The number of amides is 2. The van der Waals surface area contributed by atoms with Gasteiger partial charge in [-0.3, -0.25) is 19.5 Å². The molecule has 0 aliphatic carbocycles. The average Bonchev–Trinajstić information content (AvgIpc) is 2.84. The molecular weight excluding hydrogens is 308 g/mol. The van der Waals surface area contributed by atoms with Crippen LogP contribution in [0.4, 0.5) is 0 Å². The molecule has 2 aromatic rings. The predicted molar refractivity (Wildman–Crippen MR) is 90.5 cm³/mol. The molecule has 2 amide bonds. The van der Waals surface area contributed by atoms with E-state index in [4.69, 9.17) is 0 Å². The molecule has 3 rings (SSSR count). The minimum Gasteiger partial charge on any atom is -0.295 e.